The Kier molecular flexibility index (Phi) is 10.7. The van der Waals surface area contributed by atoms with Gasteiger partial charge in [-0.15, -0.1) is 24.8 Å². The molecule has 8 rings (SSSR count). The maximum absolute atomic E-state index is 11.2. The van der Waals surface area contributed by atoms with E-state index in [1.807, 2.05) is 42.6 Å². The van der Waals surface area contributed by atoms with Gasteiger partial charge in [0.1, 0.15) is 5.75 Å². The van der Waals surface area contributed by atoms with Crippen LogP contribution in [0.5, 0.6) is 5.75 Å². The summed E-state index contributed by atoms with van der Waals surface area (Å²) in [4.78, 5) is 6.90. The lowest BCUT2D eigenvalue weighted by atomic mass is 9.88. The normalized spacial score (nSPS) is 10.5. The number of rotatable bonds is 7. The van der Waals surface area contributed by atoms with E-state index in [1.54, 1.807) is 0 Å². The molecule has 5 heteroatoms. The Balaban J connectivity index is 0.00000224. The number of pyridine rings is 2. The topological polar surface area (TPSA) is 48.5 Å². The van der Waals surface area contributed by atoms with E-state index in [2.05, 4.69) is 156 Å². The number of halogens is 2. The first-order chi connectivity index (χ1) is 24.2. The molecule has 3 nitrogen and oxygen atoms in total. The lowest BCUT2D eigenvalue weighted by molar-refractivity contribution is -0.364. The van der Waals surface area contributed by atoms with Crippen molar-refractivity contribution in [3.05, 3.63) is 188 Å². The van der Waals surface area contributed by atoms with Crippen LogP contribution in [0, 0.1) is 0 Å². The molecule has 248 valence electrons. The van der Waals surface area contributed by atoms with Crippen LogP contribution in [-0.4, -0.2) is 5.11 Å². The van der Waals surface area contributed by atoms with E-state index in [1.165, 1.54) is 0 Å². The third kappa shape index (κ3) is 7.32. The SMILES string of the molecule is Cl.Cl.Oc1cc(-c2ccccc2-c2ccc(-c3cccc[nH+]3)cc2)cc(-c2ccccc2-c2c[nH+]c(-c3ccccc3)cc2-c2ccccc2)c1. The summed E-state index contributed by atoms with van der Waals surface area (Å²) >= 11 is 0. The predicted octanol–water partition coefficient (Wildman–Crippen LogP) is 11.5. The monoisotopic (exact) mass is 702 g/mol. The number of aromatic hydroxyl groups is 1. The number of aromatic nitrogens is 2. The maximum atomic E-state index is 11.2. The molecule has 0 aliphatic rings. The minimum atomic E-state index is 0. The van der Waals surface area contributed by atoms with Crippen LogP contribution >= 0.6 is 24.8 Å². The maximum Gasteiger partial charge on any atom is 0.211 e. The number of hydrogen-bond acceptors (Lipinski definition) is 1. The molecule has 2 heterocycles. The molecule has 0 unspecified atom stereocenters. The quantitative estimate of drug-likeness (QED) is 0.176. The second-order valence-electron chi connectivity index (χ2n) is 12.1. The molecule has 0 bridgehead atoms. The van der Waals surface area contributed by atoms with Crippen molar-refractivity contribution in [2.24, 2.45) is 0 Å². The molecule has 8 aromatic rings. The van der Waals surface area contributed by atoms with Gasteiger partial charge in [-0.2, -0.15) is 0 Å². The second-order valence-corrected chi connectivity index (χ2v) is 12.1. The number of phenolic OH excluding ortho intramolecular Hbond substituents is 1. The number of hydrogen-bond donors (Lipinski definition) is 1. The molecule has 0 spiro atoms. The van der Waals surface area contributed by atoms with Crippen LogP contribution in [0.3, 0.4) is 0 Å². The number of H-pyrrole nitrogens is 2. The van der Waals surface area contributed by atoms with Gasteiger partial charge < -0.3 is 5.11 Å². The van der Waals surface area contributed by atoms with Crippen molar-refractivity contribution in [3.63, 3.8) is 0 Å². The van der Waals surface area contributed by atoms with E-state index in [4.69, 9.17) is 0 Å². The summed E-state index contributed by atoms with van der Waals surface area (Å²) in [6.07, 6.45) is 4.05. The molecule has 0 saturated carbocycles. The van der Waals surface area contributed by atoms with E-state index in [0.29, 0.717) is 0 Å². The first kappa shape index (κ1) is 34.8. The number of nitrogens with one attached hydrogen (secondary N) is 2. The fraction of sp³-hybridized carbons (Fsp3) is 0. The first-order valence-electron chi connectivity index (χ1n) is 16.5. The zero-order valence-corrected chi connectivity index (χ0v) is 29.3. The van der Waals surface area contributed by atoms with E-state index in [0.717, 1.165) is 78.1 Å². The zero-order valence-electron chi connectivity index (χ0n) is 27.7. The third-order valence-electron chi connectivity index (χ3n) is 9.02. The Hall–Kier alpha value is -6.00. The fourth-order valence-electron chi connectivity index (χ4n) is 6.64. The van der Waals surface area contributed by atoms with Crippen LogP contribution in [-0.2, 0) is 0 Å². The van der Waals surface area contributed by atoms with Gasteiger partial charge in [0.25, 0.3) is 0 Å². The molecule has 0 amide bonds. The molecule has 0 radical (unpaired) electrons. The highest BCUT2D eigenvalue weighted by molar-refractivity contribution is 5.94. The van der Waals surface area contributed by atoms with Gasteiger partial charge in [0.2, 0.25) is 11.4 Å². The van der Waals surface area contributed by atoms with E-state index in [-0.39, 0.29) is 30.6 Å². The lowest BCUT2D eigenvalue weighted by Gasteiger charge is -2.16. The van der Waals surface area contributed by atoms with Gasteiger partial charge in [0.05, 0.1) is 5.56 Å². The van der Waals surface area contributed by atoms with Crippen LogP contribution in [0.4, 0.5) is 0 Å². The zero-order chi connectivity index (χ0) is 33.0. The highest BCUT2D eigenvalue weighted by Gasteiger charge is 2.19. The molecule has 0 fully saturated rings. The van der Waals surface area contributed by atoms with Gasteiger partial charge in [-0.1, -0.05) is 109 Å². The molecule has 0 aliphatic carbocycles. The van der Waals surface area contributed by atoms with Crippen molar-refractivity contribution in [1.82, 2.24) is 0 Å². The number of phenols is 1. The van der Waals surface area contributed by atoms with Crippen LogP contribution in [0.2, 0.25) is 0 Å². The van der Waals surface area contributed by atoms with Gasteiger partial charge in [-0.3, -0.25) is 0 Å². The summed E-state index contributed by atoms with van der Waals surface area (Å²) in [6, 6.07) is 60.6. The Morgan fingerprint density at radius 2 is 0.784 bits per heavy atom. The minimum Gasteiger partial charge on any atom is -0.508 e. The van der Waals surface area contributed by atoms with E-state index >= 15 is 0 Å². The van der Waals surface area contributed by atoms with Crippen molar-refractivity contribution >= 4 is 24.8 Å². The Bertz CT molecular complexity index is 2380. The highest BCUT2D eigenvalue weighted by Crippen LogP contribution is 2.42. The molecule has 3 N–H and O–H groups in total. The average Bonchev–Trinajstić information content (AvgIpc) is 3.18. The van der Waals surface area contributed by atoms with Gasteiger partial charge in [0, 0.05) is 34.9 Å². The van der Waals surface area contributed by atoms with E-state index in [9.17, 15) is 5.11 Å². The van der Waals surface area contributed by atoms with Crippen LogP contribution in [0.15, 0.2) is 188 Å². The van der Waals surface area contributed by atoms with Crippen molar-refractivity contribution in [2.45, 2.75) is 0 Å². The predicted molar refractivity (Wildman–Crippen MR) is 214 cm³/mol. The molecule has 6 aromatic carbocycles. The van der Waals surface area contributed by atoms with Crippen molar-refractivity contribution in [1.29, 1.82) is 0 Å². The largest absolute Gasteiger partial charge is 0.508 e. The van der Waals surface area contributed by atoms with Crippen LogP contribution in [0.25, 0.3) is 78.1 Å². The van der Waals surface area contributed by atoms with Crippen molar-refractivity contribution < 1.29 is 15.1 Å². The summed E-state index contributed by atoms with van der Waals surface area (Å²) in [5.74, 6) is 0.223. The Labute approximate surface area is 310 Å². The highest BCUT2D eigenvalue weighted by atomic mass is 35.5. The summed E-state index contributed by atoms with van der Waals surface area (Å²) in [5.41, 5.74) is 15.0. The second kappa shape index (κ2) is 15.7. The van der Waals surface area contributed by atoms with E-state index < -0.39 is 0 Å². The molecule has 2 aromatic heterocycles. The van der Waals surface area contributed by atoms with Crippen molar-refractivity contribution in [2.75, 3.05) is 0 Å². The fourth-order valence-corrected chi connectivity index (χ4v) is 6.64. The summed E-state index contributed by atoms with van der Waals surface area (Å²) < 4.78 is 0. The molecule has 0 aliphatic heterocycles. The summed E-state index contributed by atoms with van der Waals surface area (Å²) in [5, 5.41) is 11.2. The average molecular weight is 704 g/mol. The Morgan fingerprint density at radius 1 is 0.314 bits per heavy atom. The lowest BCUT2D eigenvalue weighted by Crippen LogP contribution is -2.08. The first-order valence-corrected chi connectivity index (χ1v) is 16.5. The third-order valence-corrected chi connectivity index (χ3v) is 9.02. The molecular weight excluding hydrogens is 667 g/mol. The van der Waals surface area contributed by atoms with Gasteiger partial charge >= 0.3 is 0 Å². The number of aromatic amines is 2. The van der Waals surface area contributed by atoms with Gasteiger partial charge in [-0.25, -0.2) is 9.97 Å². The standard InChI is InChI=1S/C46H32N2O.2ClH/c49-38-28-36(40-18-8-7-17-39(40)33-22-24-35(25-23-33)45-21-11-12-26-47-45)27-37(29-38)41-19-9-10-20-42(41)44-31-48-46(34-15-5-2-6-16-34)30-43(44)32-13-3-1-4-14-32;;/h1-31,49H;2*1H/p+2. The van der Waals surface area contributed by atoms with Crippen molar-refractivity contribution in [3.8, 4) is 83.9 Å². The summed E-state index contributed by atoms with van der Waals surface area (Å²) in [7, 11) is 0. The molecule has 51 heavy (non-hydrogen) atoms. The minimum absolute atomic E-state index is 0. The van der Waals surface area contributed by atoms with Gasteiger partial charge in [-0.05, 0) is 93.0 Å². The van der Waals surface area contributed by atoms with Crippen LogP contribution in [0.1, 0.15) is 0 Å². The van der Waals surface area contributed by atoms with Crippen LogP contribution < -0.4 is 9.97 Å². The molecule has 0 atom stereocenters. The summed E-state index contributed by atoms with van der Waals surface area (Å²) in [6.45, 7) is 0. The van der Waals surface area contributed by atoms with Gasteiger partial charge in [0.15, 0.2) is 12.4 Å². The number of benzene rings is 6. The smallest absolute Gasteiger partial charge is 0.211 e. The molecular formula is C46H36Cl2N2O+2. The molecule has 0 saturated heterocycles. The Morgan fingerprint density at radius 3 is 1.39 bits per heavy atom.